The van der Waals surface area contributed by atoms with E-state index in [1.54, 1.807) is 18.2 Å². The van der Waals surface area contributed by atoms with Crippen LogP contribution < -0.4 is 19.1 Å². The molecule has 1 heterocycles. The highest BCUT2D eigenvalue weighted by atomic mass is 32.2. The number of carbonyl (C=O) groups is 1. The number of ether oxygens (including phenoxy) is 2. The molecule has 1 aliphatic heterocycles. The van der Waals surface area contributed by atoms with Crippen LogP contribution in [0.4, 0.5) is 5.69 Å². The zero-order valence-corrected chi connectivity index (χ0v) is 18.6. The second-order valence-corrected chi connectivity index (χ2v) is 9.53. The molecule has 2 aromatic carbocycles. The fourth-order valence-corrected chi connectivity index (χ4v) is 4.49. The molecule has 3 rings (SSSR count). The maximum atomic E-state index is 12.4. The van der Waals surface area contributed by atoms with Gasteiger partial charge in [0.15, 0.2) is 11.5 Å². The summed E-state index contributed by atoms with van der Waals surface area (Å²) in [6, 6.07) is 11.1. The van der Waals surface area contributed by atoms with Crippen LogP contribution in [0.25, 0.3) is 0 Å². The zero-order chi connectivity index (χ0) is 21.9. The van der Waals surface area contributed by atoms with Gasteiger partial charge in [0, 0.05) is 19.0 Å². The second-order valence-electron chi connectivity index (χ2n) is 7.63. The van der Waals surface area contributed by atoms with Gasteiger partial charge in [-0.1, -0.05) is 23.8 Å². The lowest BCUT2D eigenvalue weighted by Crippen LogP contribution is -2.32. The molecule has 8 heteroatoms. The molecule has 0 spiro atoms. The van der Waals surface area contributed by atoms with Gasteiger partial charge in [-0.15, -0.1) is 0 Å². The number of benzene rings is 2. The normalized spacial score (nSPS) is 13.7. The molecule has 30 heavy (non-hydrogen) atoms. The van der Waals surface area contributed by atoms with E-state index in [9.17, 15) is 13.2 Å². The summed E-state index contributed by atoms with van der Waals surface area (Å²) in [6.45, 7) is 6.31. The average Bonchev–Trinajstić information content (AvgIpc) is 3.13. The van der Waals surface area contributed by atoms with Crippen molar-refractivity contribution < 1.29 is 22.7 Å². The third-order valence-corrected chi connectivity index (χ3v) is 6.28. The maximum absolute atomic E-state index is 12.4. The SMILES string of the molecule is Cc1ccc(C)c([C@H](C)NC(=O)CCCN(c2ccc3c(c2)OCO3)S(C)(=O)=O)c1. The molecule has 1 aliphatic rings. The summed E-state index contributed by atoms with van der Waals surface area (Å²) in [6.07, 6.45) is 1.78. The van der Waals surface area contributed by atoms with Crippen molar-refractivity contribution in [1.29, 1.82) is 0 Å². The first-order valence-corrected chi connectivity index (χ1v) is 11.7. The molecule has 0 aromatic heterocycles. The average molecular weight is 433 g/mol. The number of aryl methyl sites for hydroxylation is 2. The fourth-order valence-electron chi connectivity index (χ4n) is 3.53. The first-order valence-electron chi connectivity index (χ1n) is 9.89. The van der Waals surface area contributed by atoms with Crippen molar-refractivity contribution in [2.24, 2.45) is 0 Å². The Morgan fingerprint density at radius 2 is 1.87 bits per heavy atom. The van der Waals surface area contributed by atoms with Gasteiger partial charge in [-0.05, 0) is 50.5 Å². The monoisotopic (exact) mass is 432 g/mol. The summed E-state index contributed by atoms with van der Waals surface area (Å²) in [5, 5.41) is 3.01. The van der Waals surface area contributed by atoms with Crippen LogP contribution in [-0.4, -0.2) is 33.9 Å². The van der Waals surface area contributed by atoms with E-state index in [4.69, 9.17) is 9.47 Å². The molecule has 162 valence electrons. The first kappa shape index (κ1) is 22.0. The van der Waals surface area contributed by atoms with E-state index in [1.807, 2.05) is 32.9 Å². The largest absolute Gasteiger partial charge is 0.454 e. The van der Waals surface area contributed by atoms with E-state index in [0.29, 0.717) is 23.6 Å². The minimum Gasteiger partial charge on any atom is -0.454 e. The highest BCUT2D eigenvalue weighted by Crippen LogP contribution is 2.36. The third-order valence-electron chi connectivity index (χ3n) is 5.09. The van der Waals surface area contributed by atoms with Crippen molar-refractivity contribution >= 4 is 21.6 Å². The number of carbonyl (C=O) groups excluding carboxylic acids is 1. The van der Waals surface area contributed by atoms with Crippen LogP contribution in [0.1, 0.15) is 42.5 Å². The van der Waals surface area contributed by atoms with E-state index in [2.05, 4.69) is 11.4 Å². The molecule has 0 aliphatic carbocycles. The van der Waals surface area contributed by atoms with Crippen molar-refractivity contribution in [3.05, 3.63) is 53.1 Å². The van der Waals surface area contributed by atoms with E-state index in [-0.39, 0.29) is 31.7 Å². The van der Waals surface area contributed by atoms with Crippen LogP contribution in [0.15, 0.2) is 36.4 Å². The summed E-state index contributed by atoms with van der Waals surface area (Å²) in [5.41, 5.74) is 3.84. The van der Waals surface area contributed by atoms with E-state index < -0.39 is 10.0 Å². The molecule has 1 amide bonds. The van der Waals surface area contributed by atoms with Crippen molar-refractivity contribution in [2.45, 2.75) is 39.7 Å². The predicted octanol–water partition coefficient (Wildman–Crippen LogP) is 3.46. The fraction of sp³-hybridized carbons (Fsp3) is 0.409. The Morgan fingerprint density at radius 3 is 2.60 bits per heavy atom. The van der Waals surface area contributed by atoms with Gasteiger partial charge in [0.05, 0.1) is 18.0 Å². The second kappa shape index (κ2) is 8.95. The lowest BCUT2D eigenvalue weighted by atomic mass is 10.00. The molecule has 0 saturated heterocycles. The van der Waals surface area contributed by atoms with Crippen molar-refractivity contribution in [2.75, 3.05) is 23.9 Å². The van der Waals surface area contributed by atoms with E-state index in [0.717, 1.165) is 22.9 Å². The van der Waals surface area contributed by atoms with Gasteiger partial charge in [0.2, 0.25) is 22.7 Å². The number of sulfonamides is 1. The van der Waals surface area contributed by atoms with E-state index in [1.165, 1.54) is 4.31 Å². The number of hydrogen-bond donors (Lipinski definition) is 1. The van der Waals surface area contributed by atoms with Crippen LogP contribution in [0, 0.1) is 13.8 Å². The van der Waals surface area contributed by atoms with E-state index >= 15 is 0 Å². The topological polar surface area (TPSA) is 84.9 Å². The molecule has 2 aromatic rings. The Hall–Kier alpha value is -2.74. The Bertz CT molecular complexity index is 1040. The number of nitrogens with one attached hydrogen (secondary N) is 1. The van der Waals surface area contributed by atoms with Gasteiger partial charge < -0.3 is 14.8 Å². The smallest absolute Gasteiger partial charge is 0.232 e. The molecule has 1 N–H and O–H groups in total. The van der Waals surface area contributed by atoms with Gasteiger partial charge in [-0.2, -0.15) is 0 Å². The van der Waals surface area contributed by atoms with Gasteiger partial charge >= 0.3 is 0 Å². The van der Waals surface area contributed by atoms with Gasteiger partial charge in [-0.25, -0.2) is 8.42 Å². The Balaban J connectivity index is 1.60. The third kappa shape index (κ3) is 5.24. The standard InChI is InChI=1S/C22H28N2O5S/c1-15-7-8-16(2)19(12-15)17(3)23-22(25)6-5-11-24(30(4,26)27)18-9-10-20-21(13-18)29-14-28-20/h7-10,12-13,17H,5-6,11,14H2,1-4H3,(H,23,25)/t17-/m0/s1. The van der Waals surface area contributed by atoms with Crippen molar-refractivity contribution in [3.63, 3.8) is 0 Å². The Morgan fingerprint density at radius 1 is 1.13 bits per heavy atom. The molecule has 0 saturated carbocycles. The van der Waals surface area contributed by atoms with Crippen molar-refractivity contribution in [1.82, 2.24) is 5.32 Å². The van der Waals surface area contributed by atoms with Gasteiger partial charge in [0.25, 0.3) is 0 Å². The molecule has 7 nitrogen and oxygen atoms in total. The predicted molar refractivity (Wildman–Crippen MR) is 116 cm³/mol. The number of amides is 1. The van der Waals surface area contributed by atoms with Crippen LogP contribution in [0.5, 0.6) is 11.5 Å². The molecule has 0 radical (unpaired) electrons. The van der Waals surface area contributed by atoms with Crippen molar-refractivity contribution in [3.8, 4) is 11.5 Å². The molecular formula is C22H28N2O5S. The summed E-state index contributed by atoms with van der Waals surface area (Å²) in [4.78, 5) is 12.4. The maximum Gasteiger partial charge on any atom is 0.232 e. The summed E-state index contributed by atoms with van der Waals surface area (Å²) in [5.74, 6) is 0.996. The summed E-state index contributed by atoms with van der Waals surface area (Å²) in [7, 11) is -3.50. The lowest BCUT2D eigenvalue weighted by molar-refractivity contribution is -0.121. The molecule has 0 bridgehead atoms. The van der Waals surface area contributed by atoms with Crippen LogP contribution >= 0.6 is 0 Å². The lowest BCUT2D eigenvalue weighted by Gasteiger charge is -2.23. The molecule has 0 unspecified atom stereocenters. The molecule has 1 atom stereocenters. The minimum atomic E-state index is -3.50. The zero-order valence-electron chi connectivity index (χ0n) is 17.8. The molecular weight excluding hydrogens is 404 g/mol. The van der Waals surface area contributed by atoms with Crippen LogP contribution in [0.2, 0.25) is 0 Å². The number of anilines is 1. The summed E-state index contributed by atoms with van der Waals surface area (Å²) >= 11 is 0. The van der Waals surface area contributed by atoms with Gasteiger partial charge in [0.1, 0.15) is 0 Å². The molecule has 0 fully saturated rings. The van der Waals surface area contributed by atoms with Gasteiger partial charge in [-0.3, -0.25) is 9.10 Å². The first-order chi connectivity index (χ1) is 14.1. The Labute approximate surface area is 178 Å². The summed E-state index contributed by atoms with van der Waals surface area (Å²) < 4.78 is 36.5. The quantitative estimate of drug-likeness (QED) is 0.691. The number of rotatable bonds is 8. The Kier molecular flexibility index (Phi) is 6.55. The number of nitrogens with zero attached hydrogens (tertiary/aromatic N) is 1. The number of fused-ring (bicyclic) bond motifs is 1. The minimum absolute atomic E-state index is 0.109. The van der Waals surface area contributed by atoms with Crippen LogP contribution in [0.3, 0.4) is 0 Å². The highest BCUT2D eigenvalue weighted by molar-refractivity contribution is 7.92. The van der Waals surface area contributed by atoms with Crippen LogP contribution in [-0.2, 0) is 14.8 Å². The number of hydrogen-bond acceptors (Lipinski definition) is 5. The highest BCUT2D eigenvalue weighted by Gasteiger charge is 2.22.